The first-order valence-corrected chi connectivity index (χ1v) is 11.4. The van der Waals surface area contributed by atoms with Gasteiger partial charge in [0.15, 0.2) is 6.61 Å². The van der Waals surface area contributed by atoms with Gasteiger partial charge in [-0.3, -0.25) is 15.1 Å². The molecule has 1 amide bonds. The molecular weight excluding hydrogens is 424 g/mol. The molecule has 3 N–H and O–H groups in total. The van der Waals surface area contributed by atoms with E-state index < -0.39 is 5.97 Å². The second-order valence-corrected chi connectivity index (χ2v) is 8.26. The standard InChI is InChI=1S/C25H32N2O6/c1-18-10-6-3-2-4-7-11-20(26-32-17-23(30)27-12-8-5-9-13-27)14-19-15-21(28)16-22(29)24(19)25(31)33-18/h3,6-7,11,14-16,18,26,28-29H,2,4-5,8-10,12-13,17H2,1H3/b6-3?,11-7+,20-14-/t18-/m1/s1. The molecule has 0 aromatic heterocycles. The number of phenolic OH excluding ortho intramolecular Hbond substituents is 2. The molecule has 1 saturated heterocycles. The lowest BCUT2D eigenvalue weighted by Crippen LogP contribution is -2.39. The first-order chi connectivity index (χ1) is 15.9. The molecule has 0 unspecified atom stereocenters. The van der Waals surface area contributed by atoms with E-state index >= 15 is 0 Å². The summed E-state index contributed by atoms with van der Waals surface area (Å²) in [6.45, 7) is 3.13. The first kappa shape index (κ1) is 24.4. The van der Waals surface area contributed by atoms with Gasteiger partial charge in [0.2, 0.25) is 0 Å². The smallest absolute Gasteiger partial charge is 0.342 e. The zero-order valence-electron chi connectivity index (χ0n) is 19.0. The van der Waals surface area contributed by atoms with E-state index in [-0.39, 0.29) is 41.2 Å². The van der Waals surface area contributed by atoms with Crippen molar-refractivity contribution in [1.29, 1.82) is 0 Å². The van der Waals surface area contributed by atoms with Gasteiger partial charge in [0.25, 0.3) is 5.91 Å². The van der Waals surface area contributed by atoms with Crippen LogP contribution in [0, 0.1) is 0 Å². The van der Waals surface area contributed by atoms with E-state index in [4.69, 9.17) is 9.57 Å². The molecule has 1 aromatic rings. The predicted octanol–water partition coefficient (Wildman–Crippen LogP) is 3.81. The number of carbonyl (C=O) groups is 2. The number of nitrogens with zero attached hydrogens (tertiary/aromatic N) is 1. The number of benzene rings is 1. The van der Waals surface area contributed by atoms with Crippen molar-refractivity contribution in [2.45, 2.75) is 51.6 Å². The zero-order chi connectivity index (χ0) is 23.6. The fraction of sp³-hybridized carbons (Fsp3) is 0.440. The van der Waals surface area contributed by atoms with Crippen molar-refractivity contribution >= 4 is 18.0 Å². The first-order valence-electron chi connectivity index (χ1n) is 11.4. The fourth-order valence-electron chi connectivity index (χ4n) is 3.76. The van der Waals surface area contributed by atoms with Gasteiger partial charge in [-0.15, -0.1) is 0 Å². The van der Waals surface area contributed by atoms with Crippen molar-refractivity contribution in [2.24, 2.45) is 0 Å². The number of allylic oxidation sites excluding steroid dienone is 3. The zero-order valence-corrected chi connectivity index (χ0v) is 19.0. The number of hydrogen-bond donors (Lipinski definition) is 3. The van der Waals surface area contributed by atoms with E-state index in [2.05, 4.69) is 5.48 Å². The lowest BCUT2D eigenvalue weighted by Gasteiger charge is -2.26. The predicted molar refractivity (Wildman–Crippen MR) is 124 cm³/mol. The van der Waals surface area contributed by atoms with E-state index in [1.54, 1.807) is 24.0 Å². The second-order valence-electron chi connectivity index (χ2n) is 8.26. The molecule has 2 aliphatic heterocycles. The van der Waals surface area contributed by atoms with Gasteiger partial charge in [-0.2, -0.15) is 0 Å². The average molecular weight is 457 g/mol. The number of likely N-dealkylation sites (tertiary alicyclic amines) is 1. The van der Waals surface area contributed by atoms with E-state index in [1.807, 2.05) is 18.2 Å². The summed E-state index contributed by atoms with van der Waals surface area (Å²) in [5.41, 5.74) is 3.42. The van der Waals surface area contributed by atoms with Crippen LogP contribution < -0.4 is 5.48 Å². The maximum atomic E-state index is 12.8. The van der Waals surface area contributed by atoms with Crippen LogP contribution in [0.2, 0.25) is 0 Å². The van der Waals surface area contributed by atoms with Gasteiger partial charge in [0.05, 0.1) is 5.70 Å². The number of rotatable bonds is 4. The Morgan fingerprint density at radius 2 is 1.91 bits per heavy atom. The van der Waals surface area contributed by atoms with E-state index in [9.17, 15) is 19.8 Å². The minimum atomic E-state index is -0.693. The summed E-state index contributed by atoms with van der Waals surface area (Å²) < 4.78 is 5.48. The van der Waals surface area contributed by atoms with Gasteiger partial charge in [0.1, 0.15) is 23.2 Å². The maximum absolute atomic E-state index is 12.8. The van der Waals surface area contributed by atoms with Crippen LogP contribution in [-0.4, -0.2) is 52.8 Å². The Bertz CT molecular complexity index is 931. The summed E-state index contributed by atoms with van der Waals surface area (Å²) in [6.07, 6.45) is 14.2. The number of carbonyl (C=O) groups excluding carboxylic acids is 2. The summed E-state index contributed by atoms with van der Waals surface area (Å²) in [6, 6.07) is 2.46. The summed E-state index contributed by atoms with van der Waals surface area (Å²) >= 11 is 0. The number of amides is 1. The lowest BCUT2D eigenvalue weighted by molar-refractivity contribution is -0.139. The van der Waals surface area contributed by atoms with Crippen LogP contribution in [0.25, 0.3) is 6.08 Å². The van der Waals surface area contributed by atoms with Crippen LogP contribution >= 0.6 is 0 Å². The highest BCUT2D eigenvalue weighted by Crippen LogP contribution is 2.30. The number of fused-ring (bicyclic) bond motifs is 1. The van der Waals surface area contributed by atoms with Gasteiger partial charge < -0.3 is 19.8 Å². The molecule has 8 heteroatoms. The number of phenols is 2. The van der Waals surface area contributed by atoms with E-state index in [1.165, 1.54) is 6.07 Å². The normalized spacial score (nSPS) is 22.3. The van der Waals surface area contributed by atoms with E-state index in [0.29, 0.717) is 12.1 Å². The number of piperidine rings is 1. The van der Waals surface area contributed by atoms with Crippen molar-refractivity contribution in [3.05, 3.63) is 53.3 Å². The number of esters is 1. The summed E-state index contributed by atoms with van der Waals surface area (Å²) in [5, 5.41) is 20.3. The molecule has 33 heavy (non-hydrogen) atoms. The number of aromatic hydroxyl groups is 2. The number of hydroxylamine groups is 1. The molecule has 0 saturated carbocycles. The number of nitrogens with one attached hydrogen (secondary N) is 1. The molecule has 2 heterocycles. The monoisotopic (exact) mass is 456 g/mol. The van der Waals surface area contributed by atoms with Gasteiger partial charge in [-0.1, -0.05) is 18.2 Å². The Labute approximate surface area is 194 Å². The van der Waals surface area contributed by atoms with Crippen LogP contribution in [0.5, 0.6) is 11.5 Å². The third-order valence-corrected chi connectivity index (χ3v) is 5.48. The summed E-state index contributed by atoms with van der Waals surface area (Å²) in [5.74, 6) is -1.37. The SMILES string of the molecule is C[C@@H]1CC=CCC/C=C/C(NOCC(=O)N2CCCCC2)=C/c2cc(O)cc(O)c2C(=O)O1. The highest BCUT2D eigenvalue weighted by Gasteiger charge is 2.21. The summed E-state index contributed by atoms with van der Waals surface area (Å²) in [7, 11) is 0. The van der Waals surface area contributed by atoms with Crippen molar-refractivity contribution < 1.29 is 29.4 Å². The number of cyclic esters (lactones) is 1. The van der Waals surface area contributed by atoms with Gasteiger partial charge in [-0.05, 0) is 62.8 Å². The van der Waals surface area contributed by atoms with Crippen molar-refractivity contribution in [2.75, 3.05) is 19.7 Å². The van der Waals surface area contributed by atoms with Crippen LogP contribution in [0.3, 0.4) is 0 Å². The molecule has 0 aliphatic carbocycles. The van der Waals surface area contributed by atoms with Crippen molar-refractivity contribution in [1.82, 2.24) is 10.4 Å². The highest BCUT2D eigenvalue weighted by atomic mass is 16.6. The minimum Gasteiger partial charge on any atom is -0.508 e. The van der Waals surface area contributed by atoms with Crippen LogP contribution in [0.4, 0.5) is 0 Å². The Hall–Kier alpha value is -3.26. The Balaban J connectivity index is 1.83. The Morgan fingerprint density at radius 3 is 2.70 bits per heavy atom. The molecule has 178 valence electrons. The van der Waals surface area contributed by atoms with Crippen molar-refractivity contribution in [3.8, 4) is 11.5 Å². The fourth-order valence-corrected chi connectivity index (χ4v) is 3.76. The third-order valence-electron chi connectivity index (χ3n) is 5.48. The molecule has 1 aromatic carbocycles. The highest BCUT2D eigenvalue weighted by molar-refractivity contribution is 5.97. The van der Waals surface area contributed by atoms with Crippen LogP contribution in [-0.2, 0) is 14.4 Å². The topological polar surface area (TPSA) is 108 Å². The average Bonchev–Trinajstić information content (AvgIpc) is 2.77. The second kappa shape index (κ2) is 12.1. The number of hydrogen-bond acceptors (Lipinski definition) is 7. The molecular formula is C25H32N2O6. The molecule has 0 radical (unpaired) electrons. The maximum Gasteiger partial charge on any atom is 0.342 e. The molecule has 0 bridgehead atoms. The lowest BCUT2D eigenvalue weighted by atomic mass is 10.0. The molecule has 1 fully saturated rings. The molecule has 2 aliphatic rings. The Morgan fingerprint density at radius 1 is 1.15 bits per heavy atom. The van der Waals surface area contributed by atoms with Gasteiger partial charge in [-0.25, -0.2) is 4.79 Å². The third kappa shape index (κ3) is 7.39. The quantitative estimate of drug-likeness (QED) is 0.359. The Kier molecular flexibility index (Phi) is 8.95. The summed E-state index contributed by atoms with van der Waals surface area (Å²) in [4.78, 5) is 32.4. The largest absolute Gasteiger partial charge is 0.508 e. The molecule has 0 spiro atoms. The molecule has 1 atom stereocenters. The van der Waals surface area contributed by atoms with E-state index in [0.717, 1.165) is 51.3 Å². The number of ether oxygens (including phenoxy) is 1. The minimum absolute atomic E-state index is 0.0576. The molecule has 3 rings (SSSR count). The van der Waals surface area contributed by atoms with Crippen LogP contribution in [0.1, 0.15) is 61.4 Å². The van der Waals surface area contributed by atoms with Crippen LogP contribution in [0.15, 0.2) is 42.1 Å². The van der Waals surface area contributed by atoms with Crippen molar-refractivity contribution in [3.63, 3.8) is 0 Å². The van der Waals surface area contributed by atoms with Gasteiger partial charge in [0, 0.05) is 25.6 Å². The molecule has 8 nitrogen and oxygen atoms in total. The van der Waals surface area contributed by atoms with Gasteiger partial charge >= 0.3 is 5.97 Å².